The largest absolute Gasteiger partial charge is 0.492 e. The van der Waals surface area contributed by atoms with Crippen molar-refractivity contribution >= 4 is 0 Å². The first-order chi connectivity index (χ1) is 7.78. The molecule has 1 aromatic carbocycles. The lowest BCUT2D eigenvalue weighted by atomic mass is 10.2. The van der Waals surface area contributed by atoms with Gasteiger partial charge in [0.25, 0.3) is 0 Å². The molecule has 84 valence electrons. The van der Waals surface area contributed by atoms with E-state index in [-0.39, 0.29) is 6.10 Å². The summed E-state index contributed by atoms with van der Waals surface area (Å²) in [6, 6.07) is 9.13. The van der Waals surface area contributed by atoms with Crippen molar-refractivity contribution in [3.05, 3.63) is 29.8 Å². The molecule has 0 radical (unpaired) electrons. The van der Waals surface area contributed by atoms with Crippen molar-refractivity contribution in [3.8, 4) is 11.8 Å². The van der Waals surface area contributed by atoms with Gasteiger partial charge in [-0.1, -0.05) is 0 Å². The Morgan fingerprint density at radius 1 is 1.38 bits per heavy atom. The zero-order valence-electron chi connectivity index (χ0n) is 8.97. The van der Waals surface area contributed by atoms with Gasteiger partial charge >= 0.3 is 0 Å². The zero-order chi connectivity index (χ0) is 11.4. The Labute approximate surface area is 94.7 Å². The van der Waals surface area contributed by atoms with E-state index in [1.807, 2.05) is 0 Å². The molecule has 0 saturated carbocycles. The fraction of sp³-hybridized carbons (Fsp3) is 0.417. The van der Waals surface area contributed by atoms with Crippen LogP contribution in [0.2, 0.25) is 0 Å². The maximum Gasteiger partial charge on any atom is 0.119 e. The second kappa shape index (κ2) is 4.97. The molecular formula is C12H14N2O2. The Morgan fingerprint density at radius 2 is 2.06 bits per heavy atom. The molecule has 2 rings (SSSR count). The molecule has 0 atom stereocenters. The Balaban J connectivity index is 1.71. The number of hydrogen-bond acceptors (Lipinski definition) is 4. The molecule has 0 unspecified atom stereocenters. The highest BCUT2D eigenvalue weighted by Gasteiger charge is 2.23. The number of likely N-dealkylation sites (tertiary alicyclic amines) is 1. The molecular weight excluding hydrogens is 204 g/mol. The molecule has 0 bridgehead atoms. The Kier molecular flexibility index (Phi) is 3.40. The van der Waals surface area contributed by atoms with Crippen LogP contribution in [0.5, 0.6) is 5.75 Å². The minimum atomic E-state index is -0.157. The van der Waals surface area contributed by atoms with E-state index in [2.05, 4.69) is 11.0 Å². The summed E-state index contributed by atoms with van der Waals surface area (Å²) in [7, 11) is 0. The number of ether oxygens (including phenoxy) is 1. The quantitative estimate of drug-likeness (QED) is 0.804. The second-order valence-electron chi connectivity index (χ2n) is 3.90. The van der Waals surface area contributed by atoms with Gasteiger partial charge in [-0.25, -0.2) is 0 Å². The summed E-state index contributed by atoms with van der Waals surface area (Å²) in [6.45, 7) is 2.93. The average Bonchev–Trinajstić information content (AvgIpc) is 2.27. The molecule has 1 saturated heterocycles. The molecule has 1 N–H and O–H groups in total. The van der Waals surface area contributed by atoms with Gasteiger partial charge in [0.15, 0.2) is 0 Å². The lowest BCUT2D eigenvalue weighted by Crippen LogP contribution is -2.51. The van der Waals surface area contributed by atoms with Crippen LogP contribution >= 0.6 is 0 Å². The van der Waals surface area contributed by atoms with Gasteiger partial charge in [0.05, 0.1) is 17.7 Å². The van der Waals surface area contributed by atoms with Crippen LogP contribution in [0.25, 0.3) is 0 Å². The third kappa shape index (κ3) is 2.72. The van der Waals surface area contributed by atoms with Crippen LogP contribution in [0.15, 0.2) is 24.3 Å². The lowest BCUT2D eigenvalue weighted by Gasteiger charge is -2.35. The van der Waals surface area contributed by atoms with Gasteiger partial charge in [-0.2, -0.15) is 5.26 Å². The Hall–Kier alpha value is -1.57. The molecule has 0 spiro atoms. The lowest BCUT2D eigenvalue weighted by molar-refractivity contribution is -0.00387. The molecule has 0 aliphatic carbocycles. The van der Waals surface area contributed by atoms with E-state index in [9.17, 15) is 0 Å². The van der Waals surface area contributed by atoms with Gasteiger partial charge in [-0.05, 0) is 24.3 Å². The number of aliphatic hydroxyl groups is 1. The predicted molar refractivity (Wildman–Crippen MR) is 59.1 cm³/mol. The van der Waals surface area contributed by atoms with Crippen LogP contribution in [0.1, 0.15) is 5.56 Å². The van der Waals surface area contributed by atoms with Crippen LogP contribution < -0.4 is 4.74 Å². The molecule has 1 heterocycles. The summed E-state index contributed by atoms with van der Waals surface area (Å²) >= 11 is 0. The van der Waals surface area contributed by atoms with Gasteiger partial charge in [-0.15, -0.1) is 0 Å². The third-order valence-corrected chi connectivity index (χ3v) is 2.60. The van der Waals surface area contributed by atoms with Crippen LogP contribution in [0.4, 0.5) is 0 Å². The molecule has 16 heavy (non-hydrogen) atoms. The van der Waals surface area contributed by atoms with Crippen LogP contribution in [0, 0.1) is 11.3 Å². The van der Waals surface area contributed by atoms with E-state index in [1.165, 1.54) is 0 Å². The number of β-amino-alcohol motifs (C(OH)–C–C–N with tert-alkyl or cyclic N) is 1. The average molecular weight is 218 g/mol. The van der Waals surface area contributed by atoms with E-state index >= 15 is 0 Å². The molecule has 1 aliphatic heterocycles. The first-order valence-corrected chi connectivity index (χ1v) is 5.31. The van der Waals surface area contributed by atoms with Crippen LogP contribution in [-0.4, -0.2) is 42.4 Å². The Morgan fingerprint density at radius 3 is 2.62 bits per heavy atom. The fourth-order valence-electron chi connectivity index (χ4n) is 1.64. The first kappa shape index (κ1) is 10.9. The number of aliphatic hydroxyl groups excluding tert-OH is 1. The summed E-state index contributed by atoms with van der Waals surface area (Å²) in [6.07, 6.45) is -0.157. The van der Waals surface area contributed by atoms with Gasteiger partial charge in [0.2, 0.25) is 0 Å². The maximum atomic E-state index is 9.08. The van der Waals surface area contributed by atoms with E-state index in [4.69, 9.17) is 15.1 Å². The summed E-state index contributed by atoms with van der Waals surface area (Å²) < 4.78 is 5.51. The molecule has 1 fully saturated rings. The third-order valence-electron chi connectivity index (χ3n) is 2.60. The molecule has 0 aromatic heterocycles. The summed E-state index contributed by atoms with van der Waals surface area (Å²) in [5.74, 6) is 0.778. The number of nitriles is 1. The second-order valence-corrected chi connectivity index (χ2v) is 3.90. The van der Waals surface area contributed by atoms with Crippen molar-refractivity contribution in [1.29, 1.82) is 5.26 Å². The molecule has 4 heteroatoms. The minimum absolute atomic E-state index is 0.157. The van der Waals surface area contributed by atoms with Crippen molar-refractivity contribution < 1.29 is 9.84 Å². The van der Waals surface area contributed by atoms with Gasteiger partial charge < -0.3 is 9.84 Å². The standard InChI is InChI=1S/C12H14N2O2/c13-7-10-1-3-12(4-2-10)16-6-5-14-8-11(15)9-14/h1-4,11,15H,5-6,8-9H2. The van der Waals surface area contributed by atoms with Crippen molar-refractivity contribution in [2.45, 2.75) is 6.10 Å². The van der Waals surface area contributed by atoms with Gasteiger partial charge in [0.1, 0.15) is 12.4 Å². The maximum absolute atomic E-state index is 9.08. The number of nitrogens with zero attached hydrogens (tertiary/aromatic N) is 2. The number of rotatable bonds is 4. The van der Waals surface area contributed by atoms with Gasteiger partial charge in [-0.3, -0.25) is 4.90 Å². The topological polar surface area (TPSA) is 56.5 Å². The highest BCUT2D eigenvalue weighted by atomic mass is 16.5. The fourth-order valence-corrected chi connectivity index (χ4v) is 1.64. The van der Waals surface area contributed by atoms with E-state index in [1.54, 1.807) is 24.3 Å². The zero-order valence-corrected chi connectivity index (χ0v) is 8.97. The van der Waals surface area contributed by atoms with Crippen molar-refractivity contribution in [1.82, 2.24) is 4.90 Å². The van der Waals surface area contributed by atoms with Crippen molar-refractivity contribution in [2.24, 2.45) is 0 Å². The van der Waals surface area contributed by atoms with Crippen LogP contribution in [0.3, 0.4) is 0 Å². The highest BCUT2D eigenvalue weighted by Crippen LogP contribution is 2.12. The molecule has 4 nitrogen and oxygen atoms in total. The summed E-state index contributed by atoms with van der Waals surface area (Å²) in [5, 5.41) is 17.7. The van der Waals surface area contributed by atoms with Crippen molar-refractivity contribution in [2.75, 3.05) is 26.2 Å². The van der Waals surface area contributed by atoms with Gasteiger partial charge in [0, 0.05) is 19.6 Å². The first-order valence-electron chi connectivity index (χ1n) is 5.31. The van der Waals surface area contributed by atoms with E-state index in [0.717, 1.165) is 25.4 Å². The SMILES string of the molecule is N#Cc1ccc(OCCN2CC(O)C2)cc1. The summed E-state index contributed by atoms with van der Waals surface area (Å²) in [5.41, 5.74) is 0.637. The highest BCUT2D eigenvalue weighted by molar-refractivity contribution is 5.34. The van der Waals surface area contributed by atoms with Crippen molar-refractivity contribution in [3.63, 3.8) is 0 Å². The monoisotopic (exact) mass is 218 g/mol. The molecule has 0 amide bonds. The Bertz CT molecular complexity index is 377. The number of hydrogen-bond donors (Lipinski definition) is 1. The normalized spacial score (nSPS) is 16.5. The van der Waals surface area contributed by atoms with E-state index < -0.39 is 0 Å². The minimum Gasteiger partial charge on any atom is -0.492 e. The summed E-state index contributed by atoms with van der Waals surface area (Å²) in [4.78, 5) is 2.13. The van der Waals surface area contributed by atoms with Crippen LogP contribution in [-0.2, 0) is 0 Å². The predicted octanol–water partition coefficient (Wildman–Crippen LogP) is 0.614. The number of benzene rings is 1. The molecule has 1 aliphatic rings. The molecule has 1 aromatic rings. The van der Waals surface area contributed by atoms with E-state index in [0.29, 0.717) is 12.2 Å². The smallest absolute Gasteiger partial charge is 0.119 e.